The van der Waals surface area contributed by atoms with Crippen molar-refractivity contribution in [2.24, 2.45) is 0 Å². The van der Waals surface area contributed by atoms with Crippen molar-refractivity contribution in [2.75, 3.05) is 38.2 Å². The Kier molecular flexibility index (Phi) is 5.56. The van der Waals surface area contributed by atoms with Crippen LogP contribution in [0.4, 0.5) is 14.5 Å². The fraction of sp³-hybridized carbons (Fsp3) is 0.417. The first-order valence-corrected chi connectivity index (χ1v) is 12.6. The van der Waals surface area contributed by atoms with Crippen LogP contribution in [0.15, 0.2) is 47.5 Å². The molecule has 2 fully saturated rings. The normalized spacial score (nSPS) is 17.8. The van der Waals surface area contributed by atoms with Gasteiger partial charge in [0.05, 0.1) is 23.2 Å². The van der Waals surface area contributed by atoms with Gasteiger partial charge in [0.25, 0.3) is 16.4 Å². The highest BCUT2D eigenvalue weighted by Gasteiger charge is 2.32. The number of hydrogen-bond donors (Lipinski definition) is 0. The standard InChI is InChI=1S/C24H27F2N3O3S/c1-16-3-7-19-20(24(25)26)15-29(21(19)13-16)33(30,31)18-6-8-23(32-2)22(14-18)28-11-9-27(10-12-28)17-4-5-17/h3,6-8,13-15,17,24H,4-5,9-12H2,1-2H3. The van der Waals surface area contributed by atoms with Crippen LogP contribution in [-0.2, 0) is 10.0 Å². The number of anilines is 1. The SMILES string of the molecule is COc1ccc(S(=O)(=O)n2cc(C(F)F)c3ccc(C)cc32)cc1N1CCN(C2CC2)CC1. The van der Waals surface area contributed by atoms with Crippen LogP contribution < -0.4 is 9.64 Å². The van der Waals surface area contributed by atoms with Crippen LogP contribution in [0.5, 0.6) is 5.75 Å². The topological polar surface area (TPSA) is 54.8 Å². The molecule has 2 heterocycles. The van der Waals surface area contributed by atoms with Gasteiger partial charge in [-0.2, -0.15) is 0 Å². The lowest BCUT2D eigenvalue weighted by Crippen LogP contribution is -2.47. The summed E-state index contributed by atoms with van der Waals surface area (Å²) < 4.78 is 61.1. The maximum absolute atomic E-state index is 13.7. The minimum Gasteiger partial charge on any atom is -0.495 e. The highest BCUT2D eigenvalue weighted by Crippen LogP contribution is 2.36. The molecule has 0 N–H and O–H groups in total. The highest BCUT2D eigenvalue weighted by molar-refractivity contribution is 7.90. The van der Waals surface area contributed by atoms with E-state index < -0.39 is 16.4 Å². The van der Waals surface area contributed by atoms with E-state index in [4.69, 9.17) is 4.74 Å². The number of piperazine rings is 1. The molecule has 9 heteroatoms. The van der Waals surface area contributed by atoms with Crippen LogP contribution in [-0.4, -0.2) is 56.6 Å². The molecule has 3 aromatic rings. The Morgan fingerprint density at radius 1 is 1.03 bits per heavy atom. The molecule has 6 nitrogen and oxygen atoms in total. The van der Waals surface area contributed by atoms with E-state index in [0.29, 0.717) is 17.5 Å². The van der Waals surface area contributed by atoms with Crippen molar-refractivity contribution in [2.45, 2.75) is 37.1 Å². The Morgan fingerprint density at radius 2 is 1.76 bits per heavy atom. The first kappa shape index (κ1) is 22.2. The number of benzene rings is 2. The van der Waals surface area contributed by atoms with Crippen LogP contribution in [0.25, 0.3) is 10.9 Å². The highest BCUT2D eigenvalue weighted by atomic mass is 32.2. The maximum Gasteiger partial charge on any atom is 0.268 e. The van der Waals surface area contributed by atoms with E-state index in [1.54, 1.807) is 44.4 Å². The predicted molar refractivity (Wildman–Crippen MR) is 124 cm³/mol. The van der Waals surface area contributed by atoms with E-state index in [0.717, 1.165) is 41.9 Å². The van der Waals surface area contributed by atoms with Gasteiger partial charge in [-0.05, 0) is 49.6 Å². The zero-order chi connectivity index (χ0) is 23.3. The van der Waals surface area contributed by atoms with Crippen LogP contribution in [0.2, 0.25) is 0 Å². The number of methoxy groups -OCH3 is 1. The van der Waals surface area contributed by atoms with Crippen LogP contribution >= 0.6 is 0 Å². The summed E-state index contributed by atoms with van der Waals surface area (Å²) >= 11 is 0. The van der Waals surface area contributed by atoms with E-state index in [-0.39, 0.29) is 21.4 Å². The fourth-order valence-electron chi connectivity index (χ4n) is 4.66. The molecule has 1 aromatic heterocycles. The quantitative estimate of drug-likeness (QED) is 0.529. The summed E-state index contributed by atoms with van der Waals surface area (Å²) in [5, 5.41) is 0.240. The maximum atomic E-state index is 13.7. The fourth-order valence-corrected chi connectivity index (χ4v) is 6.05. The Hall–Kier alpha value is -2.65. The van der Waals surface area contributed by atoms with Crippen molar-refractivity contribution < 1.29 is 21.9 Å². The lowest BCUT2D eigenvalue weighted by atomic mass is 10.1. The molecule has 0 atom stereocenters. The Morgan fingerprint density at radius 3 is 2.39 bits per heavy atom. The zero-order valence-corrected chi connectivity index (χ0v) is 19.5. The van der Waals surface area contributed by atoms with Crippen LogP contribution in [0.3, 0.4) is 0 Å². The summed E-state index contributed by atoms with van der Waals surface area (Å²) in [5.41, 5.74) is 1.46. The largest absolute Gasteiger partial charge is 0.495 e. The number of halogens is 2. The number of rotatable bonds is 6. The molecule has 0 bridgehead atoms. The Labute approximate surface area is 192 Å². The van der Waals surface area contributed by atoms with Crippen molar-refractivity contribution in [1.29, 1.82) is 0 Å². The van der Waals surface area contributed by atoms with Gasteiger partial charge >= 0.3 is 0 Å². The summed E-state index contributed by atoms with van der Waals surface area (Å²) in [5.74, 6) is 0.593. The molecule has 2 aliphatic rings. The number of ether oxygens (including phenoxy) is 1. The summed E-state index contributed by atoms with van der Waals surface area (Å²) in [6.45, 7) is 5.20. The third kappa shape index (κ3) is 3.97. The number of alkyl halides is 2. The van der Waals surface area contributed by atoms with Gasteiger partial charge in [0.2, 0.25) is 0 Å². The van der Waals surface area contributed by atoms with Gasteiger partial charge in [0.15, 0.2) is 0 Å². The van der Waals surface area contributed by atoms with Gasteiger partial charge in [-0.25, -0.2) is 21.2 Å². The molecule has 5 rings (SSSR count). The van der Waals surface area contributed by atoms with E-state index in [2.05, 4.69) is 9.80 Å². The van der Waals surface area contributed by atoms with Gasteiger partial charge in [-0.1, -0.05) is 12.1 Å². The molecule has 0 unspecified atom stereocenters. The molecule has 0 spiro atoms. The second-order valence-electron chi connectivity index (χ2n) is 8.79. The minimum absolute atomic E-state index is 0.0437. The number of hydrogen-bond acceptors (Lipinski definition) is 5. The molecular weight excluding hydrogens is 448 g/mol. The summed E-state index contributed by atoms with van der Waals surface area (Å²) in [4.78, 5) is 4.66. The lowest BCUT2D eigenvalue weighted by molar-refractivity contribution is 0.153. The van der Waals surface area contributed by atoms with Crippen LogP contribution in [0, 0.1) is 6.92 Å². The van der Waals surface area contributed by atoms with E-state index in [1.807, 2.05) is 0 Å². The zero-order valence-electron chi connectivity index (χ0n) is 18.7. The third-order valence-electron chi connectivity index (χ3n) is 6.62. The molecule has 1 aliphatic heterocycles. The van der Waals surface area contributed by atoms with Gasteiger partial charge in [-0.15, -0.1) is 0 Å². The third-order valence-corrected chi connectivity index (χ3v) is 8.29. The van der Waals surface area contributed by atoms with E-state index >= 15 is 0 Å². The number of nitrogens with zero attached hydrogens (tertiary/aromatic N) is 3. The van der Waals surface area contributed by atoms with E-state index in [9.17, 15) is 17.2 Å². The summed E-state index contributed by atoms with van der Waals surface area (Å²) in [6.07, 6.45) is 0.771. The minimum atomic E-state index is -4.10. The number of aryl methyl sites for hydroxylation is 1. The van der Waals surface area contributed by atoms with E-state index in [1.165, 1.54) is 18.9 Å². The smallest absolute Gasteiger partial charge is 0.268 e. The van der Waals surface area contributed by atoms with Crippen molar-refractivity contribution >= 4 is 26.6 Å². The Bertz CT molecular complexity index is 1290. The Balaban J connectivity index is 1.55. The van der Waals surface area contributed by atoms with Gasteiger partial charge in [0, 0.05) is 49.4 Å². The summed E-state index contributed by atoms with van der Waals surface area (Å²) in [6, 6.07) is 10.3. The van der Waals surface area contributed by atoms with Gasteiger partial charge in [0.1, 0.15) is 5.75 Å². The second kappa shape index (κ2) is 8.29. The molecule has 0 amide bonds. The first-order chi connectivity index (χ1) is 15.8. The number of fused-ring (bicyclic) bond motifs is 1. The molecule has 1 aliphatic carbocycles. The molecule has 33 heavy (non-hydrogen) atoms. The van der Waals surface area contributed by atoms with Gasteiger partial charge in [-0.3, -0.25) is 4.90 Å². The molecular formula is C24H27F2N3O3S. The second-order valence-corrected chi connectivity index (χ2v) is 10.6. The molecule has 0 radical (unpaired) electrons. The average Bonchev–Trinajstić information content (AvgIpc) is 3.58. The van der Waals surface area contributed by atoms with Crippen molar-refractivity contribution in [3.63, 3.8) is 0 Å². The molecule has 1 saturated carbocycles. The molecule has 176 valence electrons. The van der Waals surface area contributed by atoms with Crippen LogP contribution in [0.1, 0.15) is 30.4 Å². The average molecular weight is 476 g/mol. The van der Waals surface area contributed by atoms with Crippen molar-refractivity contribution in [1.82, 2.24) is 8.87 Å². The lowest BCUT2D eigenvalue weighted by Gasteiger charge is -2.36. The van der Waals surface area contributed by atoms with Crippen molar-refractivity contribution in [3.8, 4) is 5.75 Å². The monoisotopic (exact) mass is 475 g/mol. The predicted octanol–water partition coefficient (Wildman–Crippen LogP) is 4.42. The van der Waals surface area contributed by atoms with Crippen molar-refractivity contribution in [3.05, 3.63) is 53.7 Å². The molecule has 1 saturated heterocycles. The summed E-state index contributed by atoms with van der Waals surface area (Å²) in [7, 11) is -2.54. The first-order valence-electron chi connectivity index (χ1n) is 11.1. The van der Waals surface area contributed by atoms with Gasteiger partial charge < -0.3 is 9.64 Å². The number of aromatic nitrogens is 1. The molecule has 2 aromatic carbocycles.